The average Bonchev–Trinajstić information content (AvgIpc) is 2.46. The highest BCUT2D eigenvalue weighted by molar-refractivity contribution is 5.37. The van der Waals surface area contributed by atoms with Crippen LogP contribution in [0.25, 0.3) is 5.65 Å². The zero-order valence-corrected chi connectivity index (χ0v) is 6.36. The van der Waals surface area contributed by atoms with Crippen molar-refractivity contribution >= 4 is 5.65 Å². The number of rotatable bonds is 1. The molecule has 0 fully saturated rings. The van der Waals surface area contributed by atoms with Gasteiger partial charge in [0.2, 0.25) is 0 Å². The minimum absolute atomic E-state index is 0.921. The van der Waals surface area contributed by atoms with Crippen molar-refractivity contribution in [3.8, 4) is 0 Å². The molecule has 0 unspecified atom stereocenters. The third-order valence-electron chi connectivity index (χ3n) is 1.65. The Bertz CT molecular complexity index is 331. The van der Waals surface area contributed by atoms with E-state index in [4.69, 9.17) is 0 Å². The van der Waals surface area contributed by atoms with Crippen molar-refractivity contribution in [3.05, 3.63) is 30.2 Å². The predicted octanol–water partition coefficient (Wildman–Crippen LogP) is 1.29. The highest BCUT2D eigenvalue weighted by Gasteiger charge is 1.97. The van der Waals surface area contributed by atoms with Crippen LogP contribution in [0.4, 0.5) is 0 Å². The van der Waals surface area contributed by atoms with Crippen LogP contribution in [0.15, 0.2) is 24.5 Å². The summed E-state index contributed by atoms with van der Waals surface area (Å²) in [4.78, 5) is 4.15. The van der Waals surface area contributed by atoms with Crippen molar-refractivity contribution in [2.45, 2.75) is 13.3 Å². The first kappa shape index (κ1) is 6.34. The smallest absolute Gasteiger partial charge is 0.155 e. The second kappa shape index (κ2) is 2.34. The molecular formula is C8H9N3. The highest BCUT2D eigenvalue weighted by Crippen LogP contribution is 2.02. The Balaban J connectivity index is 2.69. The van der Waals surface area contributed by atoms with Gasteiger partial charge in [-0.1, -0.05) is 6.92 Å². The van der Waals surface area contributed by atoms with E-state index in [2.05, 4.69) is 17.0 Å². The van der Waals surface area contributed by atoms with Gasteiger partial charge >= 0.3 is 0 Å². The first-order valence-corrected chi connectivity index (χ1v) is 3.69. The van der Waals surface area contributed by atoms with Crippen molar-refractivity contribution < 1.29 is 0 Å². The molecule has 2 rings (SSSR count). The second-order valence-electron chi connectivity index (χ2n) is 2.41. The lowest BCUT2D eigenvalue weighted by molar-refractivity contribution is 0.887. The molecule has 2 aromatic rings. The van der Waals surface area contributed by atoms with Crippen molar-refractivity contribution in [1.82, 2.24) is 14.6 Å². The van der Waals surface area contributed by atoms with Crippen LogP contribution in [0.2, 0.25) is 0 Å². The maximum absolute atomic E-state index is 4.29. The van der Waals surface area contributed by atoms with E-state index in [9.17, 15) is 0 Å². The van der Waals surface area contributed by atoms with Crippen LogP contribution in [0, 0.1) is 0 Å². The van der Waals surface area contributed by atoms with Gasteiger partial charge in [-0.15, -0.1) is 0 Å². The normalized spacial score (nSPS) is 10.6. The quantitative estimate of drug-likeness (QED) is 0.608. The minimum Gasteiger partial charge on any atom is -0.237 e. The number of aromatic nitrogens is 3. The van der Waals surface area contributed by atoms with E-state index in [0.29, 0.717) is 0 Å². The molecular weight excluding hydrogens is 138 g/mol. The van der Waals surface area contributed by atoms with Gasteiger partial charge in [0.1, 0.15) is 0 Å². The van der Waals surface area contributed by atoms with Gasteiger partial charge in [-0.05, 0) is 12.5 Å². The molecule has 3 nitrogen and oxygen atoms in total. The summed E-state index contributed by atoms with van der Waals surface area (Å²) >= 11 is 0. The van der Waals surface area contributed by atoms with Crippen LogP contribution in [0.1, 0.15) is 12.6 Å². The molecule has 0 bridgehead atoms. The van der Waals surface area contributed by atoms with Crippen LogP contribution in [0.5, 0.6) is 0 Å². The molecule has 0 aromatic carbocycles. The summed E-state index contributed by atoms with van der Waals surface area (Å²) in [6.07, 6.45) is 4.64. The van der Waals surface area contributed by atoms with Gasteiger partial charge < -0.3 is 0 Å². The van der Waals surface area contributed by atoms with Gasteiger partial charge in [-0.25, -0.2) is 9.50 Å². The van der Waals surface area contributed by atoms with E-state index < -0.39 is 0 Å². The van der Waals surface area contributed by atoms with Crippen LogP contribution < -0.4 is 0 Å². The zero-order chi connectivity index (χ0) is 7.68. The molecule has 2 aromatic heterocycles. The second-order valence-corrected chi connectivity index (χ2v) is 2.41. The fourth-order valence-corrected chi connectivity index (χ4v) is 1.05. The Kier molecular flexibility index (Phi) is 1.35. The maximum Gasteiger partial charge on any atom is 0.155 e. The highest BCUT2D eigenvalue weighted by atomic mass is 15.2. The van der Waals surface area contributed by atoms with Gasteiger partial charge in [0.25, 0.3) is 0 Å². The fraction of sp³-hybridized carbons (Fsp3) is 0.250. The summed E-state index contributed by atoms with van der Waals surface area (Å²) in [5.74, 6) is 0. The maximum atomic E-state index is 4.29. The molecule has 0 aliphatic heterocycles. The van der Waals surface area contributed by atoms with Gasteiger partial charge in [-0.3, -0.25) is 0 Å². The standard InChI is InChI=1S/C8H9N3/c1-2-7-6-8-9-4-3-5-11(8)10-7/h3-6H,2H2,1H3. The van der Waals surface area contributed by atoms with E-state index in [1.165, 1.54) is 0 Å². The molecule has 0 amide bonds. The number of hydrogen-bond acceptors (Lipinski definition) is 2. The van der Waals surface area contributed by atoms with Gasteiger partial charge in [0.05, 0.1) is 5.69 Å². The lowest BCUT2D eigenvalue weighted by atomic mass is 10.3. The van der Waals surface area contributed by atoms with E-state index >= 15 is 0 Å². The third-order valence-corrected chi connectivity index (χ3v) is 1.65. The summed E-state index contributed by atoms with van der Waals surface area (Å²) in [6, 6.07) is 3.87. The first-order chi connectivity index (χ1) is 5.40. The summed E-state index contributed by atoms with van der Waals surface area (Å²) < 4.78 is 1.79. The number of fused-ring (bicyclic) bond motifs is 1. The van der Waals surface area contributed by atoms with Crippen LogP contribution >= 0.6 is 0 Å². The van der Waals surface area contributed by atoms with Crippen molar-refractivity contribution in [2.24, 2.45) is 0 Å². The molecule has 0 N–H and O–H groups in total. The lowest BCUT2D eigenvalue weighted by Crippen LogP contribution is -1.87. The largest absolute Gasteiger partial charge is 0.237 e. The molecule has 0 atom stereocenters. The molecule has 3 heteroatoms. The molecule has 0 radical (unpaired) electrons. The Morgan fingerprint density at radius 1 is 1.55 bits per heavy atom. The van der Waals surface area contributed by atoms with E-state index in [1.54, 1.807) is 10.7 Å². The Labute approximate surface area is 64.7 Å². The molecule has 56 valence electrons. The average molecular weight is 147 g/mol. The van der Waals surface area contributed by atoms with Crippen molar-refractivity contribution in [1.29, 1.82) is 0 Å². The summed E-state index contributed by atoms with van der Waals surface area (Å²) in [6.45, 7) is 2.09. The topological polar surface area (TPSA) is 30.2 Å². The van der Waals surface area contributed by atoms with Crippen molar-refractivity contribution in [2.75, 3.05) is 0 Å². The molecule has 0 saturated carbocycles. The van der Waals surface area contributed by atoms with Crippen LogP contribution in [0.3, 0.4) is 0 Å². The Morgan fingerprint density at radius 3 is 3.18 bits per heavy atom. The lowest BCUT2D eigenvalue weighted by Gasteiger charge is -1.86. The SMILES string of the molecule is CCc1cc2ncccn2n1. The van der Waals surface area contributed by atoms with E-state index in [1.807, 2.05) is 18.3 Å². The van der Waals surface area contributed by atoms with Crippen LogP contribution in [-0.4, -0.2) is 14.6 Å². The van der Waals surface area contributed by atoms with Gasteiger partial charge in [0.15, 0.2) is 5.65 Å². The zero-order valence-electron chi connectivity index (χ0n) is 6.36. The molecule has 0 spiro atoms. The number of nitrogens with zero attached hydrogens (tertiary/aromatic N) is 3. The third kappa shape index (κ3) is 0.981. The Hall–Kier alpha value is -1.38. The van der Waals surface area contributed by atoms with Gasteiger partial charge in [0, 0.05) is 18.5 Å². The molecule has 11 heavy (non-hydrogen) atoms. The van der Waals surface area contributed by atoms with Crippen molar-refractivity contribution in [3.63, 3.8) is 0 Å². The predicted molar refractivity (Wildman–Crippen MR) is 42.4 cm³/mol. The Morgan fingerprint density at radius 2 is 2.45 bits per heavy atom. The monoisotopic (exact) mass is 147 g/mol. The number of hydrogen-bond donors (Lipinski definition) is 0. The van der Waals surface area contributed by atoms with E-state index in [-0.39, 0.29) is 0 Å². The first-order valence-electron chi connectivity index (χ1n) is 3.69. The fourth-order valence-electron chi connectivity index (χ4n) is 1.05. The van der Waals surface area contributed by atoms with E-state index in [0.717, 1.165) is 17.8 Å². The summed E-state index contributed by atoms with van der Waals surface area (Å²) in [5.41, 5.74) is 2.01. The summed E-state index contributed by atoms with van der Waals surface area (Å²) in [7, 11) is 0. The number of aryl methyl sites for hydroxylation is 1. The molecule has 2 heterocycles. The minimum atomic E-state index is 0.921. The van der Waals surface area contributed by atoms with Gasteiger partial charge in [-0.2, -0.15) is 5.10 Å². The summed E-state index contributed by atoms with van der Waals surface area (Å²) in [5, 5.41) is 4.29. The molecule has 0 aliphatic rings. The molecule has 0 aliphatic carbocycles. The molecule has 0 saturated heterocycles. The van der Waals surface area contributed by atoms with Crippen LogP contribution in [-0.2, 0) is 6.42 Å².